The third-order valence-corrected chi connectivity index (χ3v) is 7.26. The van der Waals surface area contributed by atoms with Crippen LogP contribution in [-0.4, -0.2) is 76.2 Å². The fourth-order valence-corrected chi connectivity index (χ4v) is 5.10. The molecule has 0 saturated carbocycles. The lowest BCUT2D eigenvalue weighted by Crippen LogP contribution is -2.40. The highest BCUT2D eigenvalue weighted by atomic mass is 35.5. The average Bonchev–Trinajstić information content (AvgIpc) is 2.80. The van der Waals surface area contributed by atoms with Crippen LogP contribution >= 0.6 is 11.6 Å². The lowest BCUT2D eigenvalue weighted by Gasteiger charge is -2.31. The van der Waals surface area contributed by atoms with Gasteiger partial charge in [-0.1, -0.05) is 11.6 Å². The second kappa shape index (κ2) is 9.49. The first-order valence-electron chi connectivity index (χ1n) is 9.93. The number of ether oxygens (including phenoxy) is 2. The number of anilines is 2. The Balaban J connectivity index is 1.68. The van der Waals surface area contributed by atoms with Crippen molar-refractivity contribution in [2.45, 2.75) is 4.90 Å². The van der Waals surface area contributed by atoms with Gasteiger partial charge in [0.05, 0.1) is 42.7 Å². The number of nitrogens with one attached hydrogen (secondary N) is 1. The van der Waals surface area contributed by atoms with Gasteiger partial charge >= 0.3 is 0 Å². The van der Waals surface area contributed by atoms with Crippen molar-refractivity contribution in [1.82, 2.24) is 9.29 Å². The minimum Gasteiger partial charge on any atom is -0.379 e. The van der Waals surface area contributed by atoms with Crippen LogP contribution < -0.4 is 10.2 Å². The molecule has 2 aromatic rings. The molecule has 2 aliphatic heterocycles. The van der Waals surface area contributed by atoms with Crippen molar-refractivity contribution in [2.75, 3.05) is 62.8 Å². The number of carbonyl (C=O) groups excluding carboxylic acids is 1. The van der Waals surface area contributed by atoms with E-state index in [0.29, 0.717) is 63.3 Å². The van der Waals surface area contributed by atoms with Gasteiger partial charge in [-0.2, -0.15) is 4.31 Å². The zero-order valence-corrected chi connectivity index (χ0v) is 18.4. The van der Waals surface area contributed by atoms with E-state index in [2.05, 4.69) is 15.2 Å². The fourth-order valence-electron chi connectivity index (χ4n) is 3.51. The number of hydrogen-bond acceptors (Lipinski definition) is 7. The monoisotopic (exact) mass is 466 g/mol. The van der Waals surface area contributed by atoms with Crippen molar-refractivity contribution in [3.8, 4) is 0 Å². The van der Waals surface area contributed by atoms with Gasteiger partial charge in [0.25, 0.3) is 5.91 Å². The van der Waals surface area contributed by atoms with E-state index in [4.69, 9.17) is 21.1 Å². The maximum Gasteiger partial charge on any atom is 0.274 e. The second-order valence-electron chi connectivity index (χ2n) is 7.11. The Kier molecular flexibility index (Phi) is 6.73. The van der Waals surface area contributed by atoms with Crippen molar-refractivity contribution < 1.29 is 22.7 Å². The number of morpholine rings is 2. The molecule has 1 N–H and O–H groups in total. The SMILES string of the molecule is O=C(Nc1cc(S(=O)(=O)N2CCOCC2)ccc1N1CCOCC1)c1cc(Cl)ccn1. The molecule has 1 aromatic heterocycles. The third-order valence-electron chi connectivity index (χ3n) is 5.13. The number of halogens is 1. The minimum absolute atomic E-state index is 0.112. The van der Waals surface area contributed by atoms with Crippen molar-refractivity contribution in [3.05, 3.63) is 47.2 Å². The van der Waals surface area contributed by atoms with E-state index in [1.165, 1.54) is 22.6 Å². The summed E-state index contributed by atoms with van der Waals surface area (Å²) in [7, 11) is -3.72. The number of carbonyl (C=O) groups is 1. The quantitative estimate of drug-likeness (QED) is 0.717. The Labute approximate surface area is 186 Å². The molecule has 0 spiro atoms. The maximum absolute atomic E-state index is 13.1. The second-order valence-corrected chi connectivity index (χ2v) is 9.48. The number of aromatic nitrogens is 1. The summed E-state index contributed by atoms with van der Waals surface area (Å²) in [5.41, 5.74) is 1.25. The first kappa shape index (κ1) is 22.0. The standard InChI is InChI=1S/C20H23ClN4O5S/c21-15-3-4-22-18(13-15)20(26)23-17-14-16(31(27,28)25-7-11-30-12-8-25)1-2-19(17)24-5-9-29-10-6-24/h1-4,13-14H,5-12H2,(H,23,26). The van der Waals surface area contributed by atoms with Gasteiger partial charge < -0.3 is 19.7 Å². The zero-order valence-electron chi connectivity index (χ0n) is 16.8. The number of nitrogens with zero attached hydrogens (tertiary/aromatic N) is 3. The molecule has 4 rings (SSSR count). The number of amides is 1. The molecule has 1 aromatic carbocycles. The van der Waals surface area contributed by atoms with E-state index >= 15 is 0 Å². The molecule has 0 bridgehead atoms. The molecule has 9 nitrogen and oxygen atoms in total. The summed E-state index contributed by atoms with van der Waals surface area (Å²) < 4.78 is 38.3. The van der Waals surface area contributed by atoms with Gasteiger partial charge in [0.2, 0.25) is 10.0 Å². The normalized spacial score (nSPS) is 18.0. The van der Waals surface area contributed by atoms with E-state index in [1.54, 1.807) is 18.2 Å². The third kappa shape index (κ3) is 4.99. The van der Waals surface area contributed by atoms with Crippen LogP contribution in [0.5, 0.6) is 0 Å². The molecule has 0 radical (unpaired) electrons. The predicted octanol–water partition coefficient (Wildman–Crippen LogP) is 1.84. The summed E-state index contributed by atoms with van der Waals surface area (Å²) in [6.07, 6.45) is 1.44. The lowest BCUT2D eigenvalue weighted by atomic mass is 10.2. The lowest BCUT2D eigenvalue weighted by molar-refractivity contribution is 0.0730. The fraction of sp³-hybridized carbons (Fsp3) is 0.400. The van der Waals surface area contributed by atoms with Crippen LogP contribution in [0, 0.1) is 0 Å². The van der Waals surface area contributed by atoms with Crippen molar-refractivity contribution in [3.63, 3.8) is 0 Å². The van der Waals surface area contributed by atoms with Crippen LogP contribution in [-0.2, 0) is 19.5 Å². The molecule has 2 aliphatic rings. The predicted molar refractivity (Wildman–Crippen MR) is 116 cm³/mol. The number of rotatable bonds is 5. The van der Waals surface area contributed by atoms with Crippen LogP contribution in [0.2, 0.25) is 5.02 Å². The van der Waals surface area contributed by atoms with E-state index in [1.807, 2.05) is 0 Å². The van der Waals surface area contributed by atoms with E-state index in [0.717, 1.165) is 5.69 Å². The van der Waals surface area contributed by atoms with Crippen LogP contribution in [0.25, 0.3) is 0 Å². The van der Waals surface area contributed by atoms with Crippen molar-refractivity contribution in [2.24, 2.45) is 0 Å². The molecule has 0 atom stereocenters. The molecule has 3 heterocycles. The molecule has 0 aliphatic carbocycles. The maximum atomic E-state index is 13.1. The summed E-state index contributed by atoms with van der Waals surface area (Å²) >= 11 is 5.98. The topological polar surface area (TPSA) is 101 Å². The van der Waals surface area contributed by atoms with Crippen molar-refractivity contribution >= 4 is 38.9 Å². The molecular formula is C20H23ClN4O5S. The largest absolute Gasteiger partial charge is 0.379 e. The van der Waals surface area contributed by atoms with Crippen LogP contribution in [0.15, 0.2) is 41.4 Å². The van der Waals surface area contributed by atoms with Gasteiger partial charge in [-0.05, 0) is 30.3 Å². The van der Waals surface area contributed by atoms with Gasteiger partial charge in [-0.25, -0.2) is 8.42 Å². The zero-order chi connectivity index (χ0) is 21.8. The Morgan fingerprint density at radius 1 is 1.00 bits per heavy atom. The number of sulfonamides is 1. The van der Waals surface area contributed by atoms with E-state index in [9.17, 15) is 13.2 Å². The van der Waals surface area contributed by atoms with Crippen molar-refractivity contribution in [1.29, 1.82) is 0 Å². The highest BCUT2D eigenvalue weighted by Gasteiger charge is 2.28. The molecule has 11 heteroatoms. The molecule has 2 fully saturated rings. The Hall–Kier alpha value is -2.24. The van der Waals surface area contributed by atoms with E-state index < -0.39 is 15.9 Å². The van der Waals surface area contributed by atoms with Gasteiger partial charge in [0, 0.05) is 37.4 Å². The first-order chi connectivity index (χ1) is 14.9. The van der Waals surface area contributed by atoms with Gasteiger partial charge in [-0.3, -0.25) is 9.78 Å². The number of benzene rings is 1. The first-order valence-corrected chi connectivity index (χ1v) is 11.7. The van der Waals surface area contributed by atoms with Gasteiger partial charge in [0.1, 0.15) is 5.69 Å². The Morgan fingerprint density at radius 2 is 1.68 bits per heavy atom. The highest BCUT2D eigenvalue weighted by Crippen LogP contribution is 2.31. The van der Waals surface area contributed by atoms with Crippen LogP contribution in [0.1, 0.15) is 10.5 Å². The summed E-state index contributed by atoms with van der Waals surface area (Å²) in [6.45, 7) is 3.67. The molecule has 31 heavy (non-hydrogen) atoms. The van der Waals surface area contributed by atoms with Gasteiger partial charge in [0.15, 0.2) is 0 Å². The minimum atomic E-state index is -3.72. The van der Waals surface area contributed by atoms with E-state index in [-0.39, 0.29) is 10.6 Å². The molecule has 2 saturated heterocycles. The smallest absolute Gasteiger partial charge is 0.274 e. The molecule has 166 valence electrons. The van der Waals surface area contributed by atoms with Crippen LogP contribution in [0.4, 0.5) is 11.4 Å². The summed E-state index contributed by atoms with van der Waals surface area (Å²) in [4.78, 5) is 19.0. The summed E-state index contributed by atoms with van der Waals surface area (Å²) in [5.74, 6) is -0.474. The van der Waals surface area contributed by atoms with Gasteiger partial charge in [-0.15, -0.1) is 0 Å². The summed E-state index contributed by atoms with van der Waals surface area (Å²) in [6, 6.07) is 7.83. The Morgan fingerprint density at radius 3 is 2.35 bits per heavy atom. The number of hydrogen-bond donors (Lipinski definition) is 1. The van der Waals surface area contributed by atoms with Crippen LogP contribution in [0.3, 0.4) is 0 Å². The molecular weight excluding hydrogens is 444 g/mol. The molecule has 0 unspecified atom stereocenters. The number of pyridine rings is 1. The Bertz CT molecular complexity index is 1050. The molecule has 1 amide bonds. The summed E-state index contributed by atoms with van der Waals surface area (Å²) in [5, 5.41) is 3.20. The highest BCUT2D eigenvalue weighted by molar-refractivity contribution is 7.89. The average molecular weight is 467 g/mol.